The van der Waals surface area contributed by atoms with Crippen LogP contribution >= 0.6 is 0 Å². The Morgan fingerprint density at radius 1 is 1.25 bits per heavy atom. The molecule has 0 radical (unpaired) electrons. The van der Waals surface area contributed by atoms with Crippen LogP contribution in [0.15, 0.2) is 29.2 Å². The average molecular weight is 458 g/mol. The van der Waals surface area contributed by atoms with Crippen molar-refractivity contribution in [1.82, 2.24) is 9.88 Å². The number of amides is 1. The van der Waals surface area contributed by atoms with Crippen LogP contribution in [0.5, 0.6) is 0 Å². The van der Waals surface area contributed by atoms with Crippen molar-refractivity contribution in [3.8, 4) is 0 Å². The molecule has 2 fully saturated rings. The molecule has 1 aromatic carbocycles. The molecule has 2 atom stereocenters. The second-order valence-corrected chi connectivity index (χ2v) is 11.1. The lowest BCUT2D eigenvalue weighted by Crippen LogP contribution is -2.18. The van der Waals surface area contributed by atoms with E-state index >= 15 is 0 Å². The van der Waals surface area contributed by atoms with Gasteiger partial charge in [-0.15, -0.1) is 0 Å². The molecular formula is C23H24FN3O4S. The van der Waals surface area contributed by atoms with E-state index in [1.165, 1.54) is 4.90 Å². The van der Waals surface area contributed by atoms with Crippen molar-refractivity contribution in [3.05, 3.63) is 46.8 Å². The van der Waals surface area contributed by atoms with Gasteiger partial charge in [-0.3, -0.25) is 14.6 Å². The molecule has 1 N–H and O–H groups in total. The topological polar surface area (TPSA) is 96.4 Å². The van der Waals surface area contributed by atoms with E-state index in [1.54, 1.807) is 25.2 Å². The zero-order chi connectivity index (χ0) is 22.8. The molecule has 2 heterocycles. The van der Waals surface area contributed by atoms with E-state index in [0.29, 0.717) is 40.8 Å². The first-order valence-corrected chi connectivity index (χ1v) is 12.6. The molecule has 2 saturated carbocycles. The van der Waals surface area contributed by atoms with Gasteiger partial charge in [0.15, 0.2) is 9.84 Å². The maximum absolute atomic E-state index is 13.3. The predicted molar refractivity (Wildman–Crippen MR) is 117 cm³/mol. The van der Waals surface area contributed by atoms with Crippen molar-refractivity contribution >= 4 is 32.9 Å². The molecule has 3 aliphatic rings. The summed E-state index contributed by atoms with van der Waals surface area (Å²) >= 11 is 0. The summed E-state index contributed by atoms with van der Waals surface area (Å²) in [7, 11) is -1.87. The molecule has 0 bridgehead atoms. The zero-order valence-electron chi connectivity index (χ0n) is 17.9. The van der Waals surface area contributed by atoms with Gasteiger partial charge < -0.3 is 10.2 Å². The van der Waals surface area contributed by atoms with E-state index in [9.17, 15) is 22.4 Å². The number of fused-ring (bicyclic) bond motifs is 1. The number of aromatic nitrogens is 1. The minimum absolute atomic E-state index is 0.0233. The lowest BCUT2D eigenvalue weighted by atomic mass is 10.1. The molecule has 7 nitrogen and oxygen atoms in total. The number of halogens is 1. The Hall–Kier alpha value is -2.81. The van der Waals surface area contributed by atoms with Crippen LogP contribution in [-0.4, -0.2) is 49.5 Å². The number of pyridine rings is 1. The number of hydrogen-bond acceptors (Lipinski definition) is 6. The number of anilines is 2. The number of ketones is 1. The second kappa shape index (κ2) is 7.37. The minimum atomic E-state index is -3.53. The minimum Gasteiger partial charge on any atom is -0.354 e. The number of Topliss-reactive ketones (excluding diaryl/α,β-unsaturated/α-hetero) is 1. The number of rotatable bonds is 7. The summed E-state index contributed by atoms with van der Waals surface area (Å²) < 4.78 is 38.3. The quantitative estimate of drug-likeness (QED) is 0.686. The van der Waals surface area contributed by atoms with Crippen molar-refractivity contribution < 1.29 is 22.4 Å². The number of nitrogens with one attached hydrogen (secondary N) is 1. The Labute approximate surface area is 185 Å². The highest BCUT2D eigenvalue weighted by Crippen LogP contribution is 2.42. The maximum atomic E-state index is 13.3. The van der Waals surface area contributed by atoms with Crippen LogP contribution in [0, 0.1) is 5.92 Å². The van der Waals surface area contributed by atoms with Gasteiger partial charge >= 0.3 is 0 Å². The van der Waals surface area contributed by atoms with Gasteiger partial charge in [0.2, 0.25) is 0 Å². The summed E-state index contributed by atoms with van der Waals surface area (Å²) in [5, 5.41) is 3.13. The highest BCUT2D eigenvalue weighted by atomic mass is 32.2. The second-order valence-electron chi connectivity index (χ2n) is 9.07. The molecule has 0 spiro atoms. The van der Waals surface area contributed by atoms with Gasteiger partial charge in [-0.25, -0.2) is 12.8 Å². The number of sulfone groups is 1. The third-order valence-corrected chi connectivity index (χ3v) is 7.44. The van der Waals surface area contributed by atoms with E-state index in [4.69, 9.17) is 0 Å². The number of carbonyl (C=O) groups excluding carboxylic acids is 2. The number of alkyl halides is 1. The van der Waals surface area contributed by atoms with E-state index in [1.807, 2.05) is 6.07 Å². The molecule has 1 aliphatic heterocycles. The number of carbonyl (C=O) groups is 2. The fourth-order valence-electron chi connectivity index (χ4n) is 4.26. The first-order chi connectivity index (χ1) is 15.1. The van der Waals surface area contributed by atoms with Gasteiger partial charge in [0, 0.05) is 19.7 Å². The molecular weight excluding hydrogens is 433 g/mol. The molecule has 1 amide bonds. The standard InChI is InChI=1S/C23H24FN3O4S/c1-27-11-19-22(23(27)29)18(8-14(25-19)9-20(28)15-10-16(15)24)26-17-6-5-13(12-3-4-12)7-21(17)32(2,30)31/h5-8,12,15-16H,3-4,9-11H2,1-2H3,(H,25,26)/t15-,16+/m1/s1. The fraction of sp³-hybridized carbons (Fsp3) is 0.435. The number of benzene rings is 1. The summed E-state index contributed by atoms with van der Waals surface area (Å²) in [6, 6.07) is 6.93. The zero-order valence-corrected chi connectivity index (χ0v) is 18.7. The van der Waals surface area contributed by atoms with Crippen LogP contribution in [0.1, 0.15) is 52.5 Å². The molecule has 0 saturated heterocycles. The van der Waals surface area contributed by atoms with E-state index < -0.39 is 21.9 Å². The van der Waals surface area contributed by atoms with E-state index in [2.05, 4.69) is 10.3 Å². The number of hydrogen-bond donors (Lipinski definition) is 1. The third kappa shape index (κ3) is 3.90. The summed E-state index contributed by atoms with van der Waals surface area (Å²) in [5.41, 5.74) is 3.09. The Kier molecular flexibility index (Phi) is 4.85. The van der Waals surface area contributed by atoms with E-state index in [-0.39, 0.29) is 29.4 Å². The Morgan fingerprint density at radius 3 is 2.59 bits per heavy atom. The molecule has 2 aliphatic carbocycles. The van der Waals surface area contributed by atoms with Crippen molar-refractivity contribution in [2.24, 2.45) is 5.92 Å². The van der Waals surface area contributed by atoms with Crippen molar-refractivity contribution in [2.45, 2.75) is 49.2 Å². The smallest absolute Gasteiger partial charge is 0.257 e. The lowest BCUT2D eigenvalue weighted by Gasteiger charge is -2.16. The lowest BCUT2D eigenvalue weighted by molar-refractivity contribution is -0.120. The van der Waals surface area contributed by atoms with Crippen LogP contribution in [-0.2, 0) is 27.6 Å². The molecule has 1 aromatic heterocycles. The van der Waals surface area contributed by atoms with Gasteiger partial charge in [-0.1, -0.05) is 6.07 Å². The highest BCUT2D eigenvalue weighted by Gasteiger charge is 2.43. The van der Waals surface area contributed by atoms with Crippen molar-refractivity contribution in [2.75, 3.05) is 18.6 Å². The summed E-state index contributed by atoms with van der Waals surface area (Å²) in [4.78, 5) is 31.2. The number of nitrogens with zero attached hydrogens (tertiary/aromatic N) is 2. The molecule has 168 valence electrons. The molecule has 32 heavy (non-hydrogen) atoms. The summed E-state index contributed by atoms with van der Waals surface area (Å²) in [5.74, 6) is -0.615. The summed E-state index contributed by atoms with van der Waals surface area (Å²) in [6.07, 6.45) is 2.41. The summed E-state index contributed by atoms with van der Waals surface area (Å²) in [6.45, 7) is 0.291. The molecule has 2 aromatic rings. The Bertz CT molecular complexity index is 1260. The van der Waals surface area contributed by atoms with Crippen LogP contribution in [0.3, 0.4) is 0 Å². The maximum Gasteiger partial charge on any atom is 0.257 e. The first-order valence-electron chi connectivity index (χ1n) is 10.7. The van der Waals surface area contributed by atoms with Crippen LogP contribution in [0.2, 0.25) is 0 Å². The Balaban J connectivity index is 1.54. The van der Waals surface area contributed by atoms with Gasteiger partial charge in [0.1, 0.15) is 12.0 Å². The van der Waals surface area contributed by atoms with Gasteiger partial charge in [0.05, 0.1) is 45.7 Å². The monoisotopic (exact) mass is 457 g/mol. The van der Waals surface area contributed by atoms with Crippen LogP contribution < -0.4 is 5.32 Å². The largest absolute Gasteiger partial charge is 0.354 e. The predicted octanol–water partition coefficient (Wildman–Crippen LogP) is 3.16. The molecule has 0 unspecified atom stereocenters. The molecule has 5 rings (SSSR count). The van der Waals surface area contributed by atoms with Crippen LogP contribution in [0.4, 0.5) is 15.8 Å². The molecule has 9 heteroatoms. The fourth-order valence-corrected chi connectivity index (χ4v) is 5.13. The first kappa shape index (κ1) is 21.1. The van der Waals surface area contributed by atoms with Gasteiger partial charge in [-0.2, -0.15) is 0 Å². The van der Waals surface area contributed by atoms with Gasteiger partial charge in [0.25, 0.3) is 5.91 Å². The third-order valence-electron chi connectivity index (χ3n) is 6.30. The van der Waals surface area contributed by atoms with Crippen molar-refractivity contribution in [3.63, 3.8) is 0 Å². The average Bonchev–Trinajstić information content (AvgIpc) is 3.63. The van der Waals surface area contributed by atoms with Gasteiger partial charge in [-0.05, 0) is 48.9 Å². The van der Waals surface area contributed by atoms with E-state index in [0.717, 1.165) is 24.7 Å². The highest BCUT2D eigenvalue weighted by molar-refractivity contribution is 7.90. The van der Waals surface area contributed by atoms with Crippen LogP contribution in [0.25, 0.3) is 0 Å². The Morgan fingerprint density at radius 2 is 1.97 bits per heavy atom. The van der Waals surface area contributed by atoms with Crippen molar-refractivity contribution in [1.29, 1.82) is 0 Å². The SMILES string of the molecule is CN1Cc2nc(CC(=O)[C@@H]3C[C@@H]3F)cc(Nc3ccc(C4CC4)cc3S(C)(=O)=O)c2C1=O. The normalized spacial score (nSPS) is 22.1.